The van der Waals surface area contributed by atoms with Gasteiger partial charge in [0.2, 0.25) is 0 Å². The predicted molar refractivity (Wildman–Crippen MR) is 121 cm³/mol. The Morgan fingerprint density at radius 2 is 1.97 bits per heavy atom. The van der Waals surface area contributed by atoms with Gasteiger partial charge in [-0.15, -0.1) is 0 Å². The van der Waals surface area contributed by atoms with Gasteiger partial charge in [0.05, 0.1) is 28.7 Å². The molecule has 7 nitrogen and oxygen atoms in total. The Morgan fingerprint density at radius 1 is 1.23 bits per heavy atom. The Hall–Kier alpha value is -3.73. The van der Waals surface area contributed by atoms with Crippen LogP contribution in [0.2, 0.25) is 0 Å². The van der Waals surface area contributed by atoms with Crippen LogP contribution in [0, 0.1) is 11.3 Å². The maximum Gasteiger partial charge on any atom is 0.255 e. The van der Waals surface area contributed by atoms with E-state index in [1.807, 2.05) is 19.1 Å². The van der Waals surface area contributed by atoms with E-state index >= 15 is 0 Å². The summed E-state index contributed by atoms with van der Waals surface area (Å²) in [5, 5.41) is 15.7. The number of hydrogen-bond acceptors (Lipinski definition) is 6. The normalized spacial score (nSPS) is 11.5. The standard InChI is InChI=1S/C24H25N5O2/c1-16(31-2)13-27-14-17-11-20(12-25)23(28-15-17)18-7-9-19(10-8-18)24(30)29-22-6-4-3-5-21(22)26/h3-11,15-16,27H,13-14,26H2,1-2H3,(H,29,30). The van der Waals surface area contributed by atoms with Crippen LogP contribution >= 0.6 is 0 Å². The number of benzene rings is 2. The van der Waals surface area contributed by atoms with E-state index in [1.165, 1.54) is 0 Å². The van der Waals surface area contributed by atoms with Crippen molar-refractivity contribution in [2.75, 3.05) is 24.7 Å². The molecule has 0 aliphatic rings. The van der Waals surface area contributed by atoms with Crippen LogP contribution in [0.25, 0.3) is 11.3 Å². The molecular formula is C24H25N5O2. The molecule has 3 aromatic rings. The Bertz CT molecular complexity index is 1090. The van der Waals surface area contributed by atoms with Crippen LogP contribution in [0.15, 0.2) is 60.8 Å². The van der Waals surface area contributed by atoms with Crippen molar-refractivity contribution in [1.82, 2.24) is 10.3 Å². The van der Waals surface area contributed by atoms with Crippen LogP contribution < -0.4 is 16.4 Å². The lowest BCUT2D eigenvalue weighted by Crippen LogP contribution is -2.25. The van der Waals surface area contributed by atoms with Crippen LogP contribution in [0.3, 0.4) is 0 Å². The second-order valence-electron chi connectivity index (χ2n) is 7.15. The van der Waals surface area contributed by atoms with Crippen LogP contribution in [-0.4, -0.2) is 30.6 Å². The Morgan fingerprint density at radius 3 is 2.65 bits per heavy atom. The highest BCUT2D eigenvalue weighted by Gasteiger charge is 2.11. The van der Waals surface area contributed by atoms with Gasteiger partial charge in [-0.3, -0.25) is 9.78 Å². The van der Waals surface area contributed by atoms with Crippen molar-refractivity contribution >= 4 is 17.3 Å². The monoisotopic (exact) mass is 415 g/mol. The maximum absolute atomic E-state index is 12.5. The van der Waals surface area contributed by atoms with Crippen molar-refractivity contribution in [2.45, 2.75) is 19.6 Å². The number of nitrogen functional groups attached to an aromatic ring is 1. The minimum absolute atomic E-state index is 0.108. The van der Waals surface area contributed by atoms with E-state index in [0.717, 1.165) is 11.1 Å². The van der Waals surface area contributed by atoms with Gasteiger partial charge >= 0.3 is 0 Å². The molecule has 158 valence electrons. The number of nitriles is 1. The van der Waals surface area contributed by atoms with Crippen molar-refractivity contribution in [1.29, 1.82) is 5.26 Å². The third-order valence-corrected chi connectivity index (χ3v) is 4.86. The molecule has 7 heteroatoms. The number of hydrogen-bond donors (Lipinski definition) is 3. The number of aromatic nitrogens is 1. The van der Waals surface area contributed by atoms with Crippen LogP contribution in [-0.2, 0) is 11.3 Å². The average molecular weight is 415 g/mol. The van der Waals surface area contributed by atoms with Gasteiger partial charge in [0.1, 0.15) is 6.07 Å². The zero-order valence-electron chi connectivity index (χ0n) is 17.6. The third kappa shape index (κ3) is 5.66. The number of anilines is 2. The van der Waals surface area contributed by atoms with Gasteiger partial charge in [-0.05, 0) is 42.8 Å². The highest BCUT2D eigenvalue weighted by atomic mass is 16.5. The molecule has 0 spiro atoms. The van der Waals surface area contributed by atoms with Gasteiger partial charge in [-0.2, -0.15) is 5.26 Å². The number of methoxy groups -OCH3 is 1. The Labute approximate surface area is 181 Å². The molecule has 0 aliphatic heterocycles. The summed E-state index contributed by atoms with van der Waals surface area (Å²) in [5.74, 6) is -0.260. The molecule has 1 unspecified atom stereocenters. The molecule has 1 amide bonds. The van der Waals surface area contributed by atoms with E-state index < -0.39 is 0 Å². The molecule has 3 rings (SSSR count). The van der Waals surface area contributed by atoms with Gasteiger partial charge in [-0.25, -0.2) is 0 Å². The number of ether oxygens (including phenoxy) is 1. The minimum Gasteiger partial charge on any atom is -0.397 e. The molecular weight excluding hydrogens is 390 g/mol. The predicted octanol–water partition coefficient (Wildman–Crippen LogP) is 3.58. The molecule has 4 N–H and O–H groups in total. The molecule has 0 bridgehead atoms. The zero-order valence-corrected chi connectivity index (χ0v) is 17.6. The van der Waals surface area contributed by atoms with Crippen LogP contribution in [0.1, 0.15) is 28.4 Å². The quantitative estimate of drug-likeness (QED) is 0.485. The van der Waals surface area contributed by atoms with Crippen molar-refractivity contribution in [3.05, 3.63) is 77.5 Å². The number of pyridine rings is 1. The first kappa shape index (κ1) is 22.0. The fourth-order valence-electron chi connectivity index (χ4n) is 3.01. The van der Waals surface area contributed by atoms with E-state index in [4.69, 9.17) is 10.5 Å². The minimum atomic E-state index is -0.260. The number of amides is 1. The van der Waals surface area contributed by atoms with E-state index in [0.29, 0.717) is 41.3 Å². The summed E-state index contributed by atoms with van der Waals surface area (Å²) in [6.07, 6.45) is 1.86. The highest BCUT2D eigenvalue weighted by Crippen LogP contribution is 2.23. The molecule has 31 heavy (non-hydrogen) atoms. The number of nitrogens with two attached hydrogens (primary N) is 1. The van der Waals surface area contributed by atoms with E-state index in [9.17, 15) is 10.1 Å². The summed E-state index contributed by atoms with van der Waals surface area (Å²) in [6.45, 7) is 3.28. The maximum atomic E-state index is 12.5. The summed E-state index contributed by atoms with van der Waals surface area (Å²) in [7, 11) is 1.67. The number of carbonyl (C=O) groups is 1. The second kappa shape index (κ2) is 10.3. The molecule has 1 aromatic heterocycles. The number of nitrogens with zero attached hydrogens (tertiary/aromatic N) is 2. The molecule has 1 heterocycles. The van der Waals surface area contributed by atoms with Gasteiger partial charge in [0, 0.05) is 37.5 Å². The lowest BCUT2D eigenvalue weighted by molar-refractivity contribution is 0.102. The summed E-state index contributed by atoms with van der Waals surface area (Å²) >= 11 is 0. The summed E-state index contributed by atoms with van der Waals surface area (Å²) in [6, 6.07) is 18.1. The molecule has 0 aliphatic carbocycles. The number of rotatable bonds is 8. The molecule has 0 saturated heterocycles. The van der Waals surface area contributed by atoms with Gasteiger partial charge in [0.15, 0.2) is 0 Å². The molecule has 0 fully saturated rings. The second-order valence-corrected chi connectivity index (χ2v) is 7.15. The van der Waals surface area contributed by atoms with Crippen LogP contribution in [0.5, 0.6) is 0 Å². The highest BCUT2D eigenvalue weighted by molar-refractivity contribution is 6.05. The van der Waals surface area contributed by atoms with E-state index in [-0.39, 0.29) is 12.0 Å². The smallest absolute Gasteiger partial charge is 0.255 e. The largest absolute Gasteiger partial charge is 0.397 e. The lowest BCUT2D eigenvalue weighted by atomic mass is 10.0. The first-order chi connectivity index (χ1) is 15.0. The molecule has 2 aromatic carbocycles. The molecule has 1 atom stereocenters. The SMILES string of the molecule is COC(C)CNCc1cnc(-c2ccc(C(=O)Nc3ccccc3N)cc2)c(C#N)c1. The average Bonchev–Trinajstić information content (AvgIpc) is 2.80. The lowest BCUT2D eigenvalue weighted by Gasteiger charge is -2.12. The summed E-state index contributed by atoms with van der Waals surface area (Å²) in [5.41, 5.74) is 10.2. The number of nitrogens with one attached hydrogen (secondary N) is 2. The van der Waals surface area contributed by atoms with Crippen molar-refractivity contribution < 1.29 is 9.53 Å². The number of carbonyl (C=O) groups excluding carboxylic acids is 1. The first-order valence-electron chi connectivity index (χ1n) is 9.90. The third-order valence-electron chi connectivity index (χ3n) is 4.86. The fourth-order valence-corrected chi connectivity index (χ4v) is 3.01. The van der Waals surface area contributed by atoms with Crippen LogP contribution in [0.4, 0.5) is 11.4 Å². The summed E-state index contributed by atoms with van der Waals surface area (Å²) < 4.78 is 5.21. The Kier molecular flexibility index (Phi) is 7.33. The topological polar surface area (TPSA) is 113 Å². The first-order valence-corrected chi connectivity index (χ1v) is 9.90. The van der Waals surface area contributed by atoms with Crippen molar-refractivity contribution in [3.63, 3.8) is 0 Å². The van der Waals surface area contributed by atoms with Gasteiger partial charge < -0.3 is 21.1 Å². The van der Waals surface area contributed by atoms with Crippen molar-refractivity contribution in [3.8, 4) is 17.3 Å². The van der Waals surface area contributed by atoms with Gasteiger partial charge in [0.25, 0.3) is 5.91 Å². The van der Waals surface area contributed by atoms with Crippen molar-refractivity contribution in [2.24, 2.45) is 0 Å². The van der Waals surface area contributed by atoms with E-state index in [1.54, 1.807) is 55.8 Å². The molecule has 0 saturated carbocycles. The summed E-state index contributed by atoms with van der Waals surface area (Å²) in [4.78, 5) is 17.0. The Balaban J connectivity index is 1.72. The zero-order chi connectivity index (χ0) is 22.2. The number of para-hydroxylation sites is 2. The fraction of sp³-hybridized carbons (Fsp3) is 0.208. The molecule has 0 radical (unpaired) electrons. The van der Waals surface area contributed by atoms with Gasteiger partial charge in [-0.1, -0.05) is 24.3 Å². The van der Waals surface area contributed by atoms with E-state index in [2.05, 4.69) is 21.7 Å².